The first kappa shape index (κ1) is 21.0. The molecule has 138 valence electrons. The molecule has 25 heavy (non-hydrogen) atoms. The molecule has 0 aromatic heterocycles. The number of ether oxygens (including phenoxy) is 2. The highest BCUT2D eigenvalue weighted by Crippen LogP contribution is 2.24. The van der Waals surface area contributed by atoms with Crippen molar-refractivity contribution in [3.05, 3.63) is 29.3 Å². The molecule has 0 aliphatic heterocycles. The molecule has 0 spiro atoms. The zero-order chi connectivity index (χ0) is 19.0. The molecule has 0 aliphatic carbocycles. The average Bonchev–Trinajstić information content (AvgIpc) is 2.55. The molecule has 0 heterocycles. The Balaban J connectivity index is 3.08. The first-order chi connectivity index (χ1) is 11.7. The predicted molar refractivity (Wildman–Crippen MR) is 100 cm³/mol. The second kappa shape index (κ2) is 9.45. The van der Waals surface area contributed by atoms with Crippen molar-refractivity contribution in [2.75, 3.05) is 49.0 Å². The Morgan fingerprint density at radius 3 is 2.48 bits per heavy atom. The highest BCUT2D eigenvalue weighted by atomic mass is 16.5. The van der Waals surface area contributed by atoms with Gasteiger partial charge in [0.05, 0.1) is 41.9 Å². The molecule has 0 N–H and O–H groups in total. The normalized spacial score (nSPS) is 12.3. The second-order valence-electron chi connectivity index (χ2n) is 7.18. The van der Waals surface area contributed by atoms with Crippen LogP contribution in [0.15, 0.2) is 18.2 Å². The lowest BCUT2D eigenvalue weighted by Gasteiger charge is -2.26. The molecule has 1 aromatic rings. The Labute approximate surface area is 152 Å². The Morgan fingerprint density at radius 2 is 1.96 bits per heavy atom. The maximum atomic E-state index is 12.2. The third-order valence-corrected chi connectivity index (χ3v) is 3.93. The monoisotopic (exact) mass is 347 g/mol. The van der Waals surface area contributed by atoms with E-state index in [1.165, 1.54) is 7.11 Å². The fourth-order valence-corrected chi connectivity index (χ4v) is 2.69. The molecule has 0 saturated heterocycles. The first-order valence-corrected chi connectivity index (χ1v) is 8.35. The van der Waals surface area contributed by atoms with Gasteiger partial charge in [-0.05, 0) is 38.1 Å². The minimum atomic E-state index is -0.365. The Bertz CT molecular complexity index is 639. The van der Waals surface area contributed by atoms with E-state index in [2.05, 4.69) is 39.1 Å². The van der Waals surface area contributed by atoms with Crippen molar-refractivity contribution in [2.24, 2.45) is 0 Å². The van der Waals surface area contributed by atoms with Gasteiger partial charge in [0.25, 0.3) is 0 Å². The van der Waals surface area contributed by atoms with Gasteiger partial charge < -0.3 is 14.0 Å². The van der Waals surface area contributed by atoms with E-state index in [0.29, 0.717) is 13.0 Å². The van der Waals surface area contributed by atoms with Crippen LogP contribution in [0.1, 0.15) is 18.1 Å². The molecule has 0 saturated carbocycles. The van der Waals surface area contributed by atoms with Gasteiger partial charge in [-0.25, -0.2) is 0 Å². The van der Waals surface area contributed by atoms with Crippen molar-refractivity contribution in [1.29, 1.82) is 0 Å². The zero-order valence-electron chi connectivity index (χ0n) is 16.5. The van der Waals surface area contributed by atoms with E-state index < -0.39 is 0 Å². The number of hydrogen-bond acceptors (Lipinski definition) is 4. The van der Waals surface area contributed by atoms with Crippen LogP contribution in [-0.2, 0) is 22.5 Å². The Morgan fingerprint density at radius 1 is 1.28 bits per heavy atom. The van der Waals surface area contributed by atoms with Gasteiger partial charge in [-0.2, -0.15) is 0 Å². The van der Waals surface area contributed by atoms with Crippen LogP contribution in [0.5, 0.6) is 5.75 Å². The van der Waals surface area contributed by atoms with Crippen LogP contribution in [0.25, 0.3) is 0 Å². The maximum Gasteiger partial charge on any atom is 0.323 e. The summed E-state index contributed by atoms with van der Waals surface area (Å²) in [4.78, 5) is 14.1. The summed E-state index contributed by atoms with van der Waals surface area (Å²) in [5.41, 5.74) is 2.21. The third kappa shape index (κ3) is 6.77. The molecule has 1 aromatic carbocycles. The smallest absolute Gasteiger partial charge is 0.323 e. The van der Waals surface area contributed by atoms with Gasteiger partial charge in [-0.1, -0.05) is 12.0 Å². The highest BCUT2D eigenvalue weighted by Gasteiger charge is 2.25. The van der Waals surface area contributed by atoms with Crippen LogP contribution in [0.4, 0.5) is 0 Å². The Hall–Kier alpha value is -2.03. The molecular formula is C20H31N2O3+. The zero-order valence-corrected chi connectivity index (χ0v) is 16.5. The standard InChI is InChI=1S/C20H31N2O3/c1-8-9-12-21(2)18(20(23)25-7)14-16-10-11-19(24-6)17(13-16)15-22(3,4)5/h10-11,13,18H,12,14-15H2,1-7H3/q+1/t18-/m0/s1. The van der Waals surface area contributed by atoms with Crippen LogP contribution >= 0.6 is 0 Å². The van der Waals surface area contributed by atoms with Crippen molar-refractivity contribution in [3.63, 3.8) is 0 Å². The summed E-state index contributed by atoms with van der Waals surface area (Å²) < 4.78 is 11.3. The van der Waals surface area contributed by atoms with E-state index in [-0.39, 0.29) is 12.0 Å². The fraction of sp³-hybridized carbons (Fsp3) is 0.550. The number of rotatable bonds is 8. The van der Waals surface area contributed by atoms with Crippen LogP contribution in [-0.4, -0.2) is 70.3 Å². The van der Waals surface area contributed by atoms with E-state index >= 15 is 0 Å². The van der Waals surface area contributed by atoms with Crippen LogP contribution in [0.3, 0.4) is 0 Å². The summed E-state index contributed by atoms with van der Waals surface area (Å²) in [6.45, 7) is 3.16. The topological polar surface area (TPSA) is 38.8 Å². The lowest BCUT2D eigenvalue weighted by molar-refractivity contribution is -0.884. The van der Waals surface area contributed by atoms with Crippen LogP contribution < -0.4 is 4.74 Å². The number of benzene rings is 1. The number of carbonyl (C=O) groups is 1. The largest absolute Gasteiger partial charge is 0.496 e. The first-order valence-electron chi connectivity index (χ1n) is 8.35. The van der Waals surface area contributed by atoms with E-state index in [1.54, 1.807) is 14.0 Å². The number of methoxy groups -OCH3 is 2. The van der Waals surface area contributed by atoms with E-state index in [1.807, 2.05) is 24.1 Å². The number of hydrogen-bond donors (Lipinski definition) is 0. The molecule has 5 nitrogen and oxygen atoms in total. The molecule has 0 fully saturated rings. The SMILES string of the molecule is CC#CCN(C)[C@@H](Cc1ccc(OC)c(C[N+](C)(C)C)c1)C(=O)OC. The summed E-state index contributed by atoms with van der Waals surface area (Å²) in [5.74, 6) is 6.49. The van der Waals surface area contributed by atoms with E-state index in [4.69, 9.17) is 9.47 Å². The lowest BCUT2D eigenvalue weighted by atomic mass is 10.0. The van der Waals surface area contributed by atoms with Crippen molar-refractivity contribution in [2.45, 2.75) is 25.9 Å². The summed E-state index contributed by atoms with van der Waals surface area (Å²) in [6, 6.07) is 5.74. The summed E-state index contributed by atoms with van der Waals surface area (Å²) in [5, 5.41) is 0. The van der Waals surface area contributed by atoms with Crippen LogP contribution in [0, 0.1) is 11.8 Å². The fourth-order valence-electron chi connectivity index (χ4n) is 2.69. The molecule has 0 bridgehead atoms. The molecule has 5 heteroatoms. The van der Waals surface area contributed by atoms with E-state index in [9.17, 15) is 4.79 Å². The number of quaternary nitrogens is 1. The molecule has 0 unspecified atom stereocenters. The third-order valence-electron chi connectivity index (χ3n) is 3.93. The minimum Gasteiger partial charge on any atom is -0.496 e. The molecule has 0 radical (unpaired) electrons. The predicted octanol–water partition coefficient (Wildman–Crippen LogP) is 1.94. The van der Waals surface area contributed by atoms with Gasteiger partial charge >= 0.3 is 5.97 Å². The number of esters is 1. The van der Waals surface area contributed by atoms with Gasteiger partial charge in [-0.3, -0.25) is 9.69 Å². The minimum absolute atomic E-state index is 0.246. The number of carbonyl (C=O) groups excluding carboxylic acids is 1. The van der Waals surface area contributed by atoms with Gasteiger partial charge in [0.15, 0.2) is 0 Å². The number of likely N-dealkylation sites (N-methyl/N-ethyl adjacent to an activating group) is 1. The van der Waals surface area contributed by atoms with Crippen molar-refractivity contribution in [1.82, 2.24) is 4.90 Å². The second-order valence-corrected chi connectivity index (χ2v) is 7.18. The van der Waals surface area contributed by atoms with Crippen LogP contribution in [0.2, 0.25) is 0 Å². The van der Waals surface area contributed by atoms with Crippen molar-refractivity contribution < 1.29 is 18.8 Å². The lowest BCUT2D eigenvalue weighted by Crippen LogP contribution is -2.41. The Kier molecular flexibility index (Phi) is 7.95. The van der Waals surface area contributed by atoms with Gasteiger partial charge in [-0.15, -0.1) is 5.92 Å². The van der Waals surface area contributed by atoms with Gasteiger partial charge in [0.1, 0.15) is 18.3 Å². The van der Waals surface area contributed by atoms with Gasteiger partial charge in [0, 0.05) is 5.56 Å². The molecule has 1 rings (SSSR count). The summed E-state index contributed by atoms with van der Waals surface area (Å²) in [7, 11) is 11.4. The molecular weight excluding hydrogens is 316 g/mol. The molecule has 0 aliphatic rings. The quantitative estimate of drug-likeness (QED) is 0.409. The number of nitrogens with zero attached hydrogens (tertiary/aromatic N) is 2. The maximum absolute atomic E-state index is 12.2. The molecule has 1 atom stereocenters. The molecule has 0 amide bonds. The highest BCUT2D eigenvalue weighted by molar-refractivity contribution is 5.76. The van der Waals surface area contributed by atoms with Crippen molar-refractivity contribution >= 4 is 5.97 Å². The summed E-state index contributed by atoms with van der Waals surface area (Å²) >= 11 is 0. The summed E-state index contributed by atoms with van der Waals surface area (Å²) in [6.07, 6.45) is 0.572. The average molecular weight is 347 g/mol. The van der Waals surface area contributed by atoms with Gasteiger partial charge in [0.2, 0.25) is 0 Å². The van der Waals surface area contributed by atoms with E-state index in [0.717, 1.165) is 27.9 Å². The van der Waals surface area contributed by atoms with Crippen molar-refractivity contribution in [3.8, 4) is 17.6 Å².